The average Bonchev–Trinajstić information content (AvgIpc) is 3.10. The van der Waals surface area contributed by atoms with E-state index in [1.165, 1.54) is 12.8 Å². The molecule has 1 aromatic heterocycles. The van der Waals surface area contributed by atoms with Crippen LogP contribution in [0.1, 0.15) is 38.4 Å². The molecule has 98 valence electrons. The number of hydrogen-bond acceptors (Lipinski definition) is 5. The van der Waals surface area contributed by atoms with Gasteiger partial charge in [-0.05, 0) is 26.7 Å². The van der Waals surface area contributed by atoms with Crippen LogP contribution >= 0.6 is 11.8 Å². The minimum absolute atomic E-state index is 0.289. The molecule has 0 atom stereocenters. The van der Waals surface area contributed by atoms with Gasteiger partial charge in [-0.25, -0.2) is 9.97 Å². The smallest absolute Gasteiger partial charge is 0.136 e. The van der Waals surface area contributed by atoms with Crippen LogP contribution in [0.15, 0.2) is 6.07 Å². The van der Waals surface area contributed by atoms with Crippen molar-refractivity contribution in [2.45, 2.75) is 37.4 Å². The van der Waals surface area contributed by atoms with Crippen LogP contribution in [0.5, 0.6) is 0 Å². The van der Waals surface area contributed by atoms with Crippen molar-refractivity contribution in [3.8, 4) is 0 Å². The van der Waals surface area contributed by atoms with Gasteiger partial charge in [0.15, 0.2) is 0 Å². The van der Waals surface area contributed by atoms with E-state index in [1.807, 2.05) is 17.8 Å². The van der Waals surface area contributed by atoms with Crippen LogP contribution in [0.3, 0.4) is 0 Å². The number of rotatable bonds is 2. The molecule has 2 N–H and O–H groups in total. The lowest BCUT2D eigenvalue weighted by Gasteiger charge is -2.38. The van der Waals surface area contributed by atoms with Crippen molar-refractivity contribution < 1.29 is 0 Å². The van der Waals surface area contributed by atoms with E-state index in [9.17, 15) is 0 Å². The van der Waals surface area contributed by atoms with Gasteiger partial charge in [-0.2, -0.15) is 11.8 Å². The molecule has 0 bridgehead atoms. The molecule has 4 nitrogen and oxygen atoms in total. The van der Waals surface area contributed by atoms with Gasteiger partial charge >= 0.3 is 0 Å². The third kappa shape index (κ3) is 2.55. The highest BCUT2D eigenvalue weighted by Gasteiger charge is 2.30. The molecule has 18 heavy (non-hydrogen) atoms. The Hall–Kier alpha value is -0.970. The summed E-state index contributed by atoms with van der Waals surface area (Å²) in [6.45, 7) is 6.65. The Kier molecular flexibility index (Phi) is 2.88. The van der Waals surface area contributed by atoms with E-state index in [0.717, 1.165) is 30.5 Å². The summed E-state index contributed by atoms with van der Waals surface area (Å²) in [4.78, 5) is 11.4. The number of hydrogen-bond donors (Lipinski definition) is 1. The van der Waals surface area contributed by atoms with Gasteiger partial charge in [0.05, 0.1) is 0 Å². The first kappa shape index (κ1) is 12.1. The van der Waals surface area contributed by atoms with E-state index >= 15 is 0 Å². The molecular weight excluding hydrogens is 244 g/mol. The van der Waals surface area contributed by atoms with Crippen LogP contribution in [0.2, 0.25) is 0 Å². The van der Waals surface area contributed by atoms with Crippen molar-refractivity contribution in [3.63, 3.8) is 0 Å². The molecule has 2 fully saturated rings. The third-order valence-corrected chi connectivity index (χ3v) is 4.74. The molecule has 0 aromatic carbocycles. The van der Waals surface area contributed by atoms with Crippen LogP contribution in [-0.2, 0) is 0 Å². The van der Waals surface area contributed by atoms with Crippen molar-refractivity contribution in [3.05, 3.63) is 11.9 Å². The Morgan fingerprint density at radius 2 is 2.17 bits per heavy atom. The first-order chi connectivity index (χ1) is 8.53. The molecule has 2 aliphatic rings. The van der Waals surface area contributed by atoms with Gasteiger partial charge in [0.2, 0.25) is 0 Å². The van der Waals surface area contributed by atoms with Crippen molar-refractivity contribution in [2.75, 3.05) is 29.5 Å². The summed E-state index contributed by atoms with van der Waals surface area (Å²) in [5.74, 6) is 4.27. The second-order valence-corrected chi connectivity index (χ2v) is 7.62. The summed E-state index contributed by atoms with van der Waals surface area (Å²) in [7, 11) is 0. The zero-order chi connectivity index (χ0) is 12.8. The van der Waals surface area contributed by atoms with Gasteiger partial charge in [-0.1, -0.05) is 0 Å². The molecule has 5 heteroatoms. The predicted octanol–water partition coefficient (Wildman–Crippen LogP) is 2.27. The molecule has 0 spiro atoms. The van der Waals surface area contributed by atoms with Crippen molar-refractivity contribution >= 4 is 23.4 Å². The number of thioether (sulfide) groups is 1. The SMILES string of the molecule is CC1(C)CN(c2cc(N)nc(C3CC3)n2)CCS1. The van der Waals surface area contributed by atoms with Crippen molar-refractivity contribution in [1.82, 2.24) is 9.97 Å². The van der Waals surface area contributed by atoms with Crippen LogP contribution in [0, 0.1) is 0 Å². The van der Waals surface area contributed by atoms with E-state index in [2.05, 4.69) is 23.7 Å². The monoisotopic (exact) mass is 264 g/mol. The van der Waals surface area contributed by atoms with E-state index in [4.69, 9.17) is 10.7 Å². The molecule has 3 rings (SSSR count). The van der Waals surface area contributed by atoms with Gasteiger partial charge in [-0.3, -0.25) is 0 Å². The summed E-state index contributed by atoms with van der Waals surface area (Å²) in [5, 5.41) is 0. The zero-order valence-corrected chi connectivity index (χ0v) is 11.8. The summed E-state index contributed by atoms with van der Waals surface area (Å²) >= 11 is 2.03. The van der Waals surface area contributed by atoms with E-state index < -0.39 is 0 Å². The van der Waals surface area contributed by atoms with Crippen LogP contribution in [0.4, 0.5) is 11.6 Å². The maximum atomic E-state index is 5.92. The first-order valence-corrected chi connectivity index (χ1v) is 7.55. The first-order valence-electron chi connectivity index (χ1n) is 6.57. The Morgan fingerprint density at radius 1 is 1.39 bits per heavy atom. The molecule has 0 radical (unpaired) electrons. The molecule has 1 aliphatic heterocycles. The lowest BCUT2D eigenvalue weighted by molar-refractivity contribution is 0.640. The zero-order valence-electron chi connectivity index (χ0n) is 11.0. The Morgan fingerprint density at radius 3 is 2.83 bits per heavy atom. The fourth-order valence-electron chi connectivity index (χ4n) is 2.37. The van der Waals surface area contributed by atoms with E-state index in [-0.39, 0.29) is 4.75 Å². The number of nitrogen functional groups attached to an aromatic ring is 1. The quantitative estimate of drug-likeness (QED) is 0.888. The van der Waals surface area contributed by atoms with Crippen molar-refractivity contribution in [1.29, 1.82) is 0 Å². The van der Waals surface area contributed by atoms with Gasteiger partial charge in [0.1, 0.15) is 17.5 Å². The maximum Gasteiger partial charge on any atom is 0.136 e. The summed E-state index contributed by atoms with van der Waals surface area (Å²) < 4.78 is 0.289. The lowest BCUT2D eigenvalue weighted by Crippen LogP contribution is -2.43. The van der Waals surface area contributed by atoms with Crippen LogP contribution in [0.25, 0.3) is 0 Å². The van der Waals surface area contributed by atoms with E-state index in [1.54, 1.807) is 0 Å². The molecule has 1 saturated carbocycles. The molecule has 2 heterocycles. The summed E-state index contributed by atoms with van der Waals surface area (Å²) in [6.07, 6.45) is 2.43. The average molecular weight is 264 g/mol. The highest BCUT2D eigenvalue weighted by molar-refractivity contribution is 8.00. The third-order valence-electron chi connectivity index (χ3n) is 3.44. The lowest BCUT2D eigenvalue weighted by atomic mass is 10.2. The molecule has 1 aliphatic carbocycles. The highest BCUT2D eigenvalue weighted by Crippen LogP contribution is 2.39. The molecular formula is C13H20N4S. The Labute approximate surface area is 112 Å². The normalized spacial score (nSPS) is 23.1. The standard InChI is InChI=1S/C13H20N4S/c1-13(2)8-17(5-6-18-13)11-7-10(14)15-12(16-11)9-3-4-9/h7,9H,3-6,8H2,1-2H3,(H2,14,15,16). The summed E-state index contributed by atoms with van der Waals surface area (Å²) in [6, 6.07) is 1.91. The number of aromatic nitrogens is 2. The fraction of sp³-hybridized carbons (Fsp3) is 0.692. The van der Waals surface area contributed by atoms with Crippen LogP contribution in [-0.4, -0.2) is 33.6 Å². The predicted molar refractivity (Wildman–Crippen MR) is 77.2 cm³/mol. The minimum atomic E-state index is 0.289. The molecule has 1 aromatic rings. The molecule has 1 saturated heterocycles. The Balaban J connectivity index is 1.86. The largest absolute Gasteiger partial charge is 0.384 e. The van der Waals surface area contributed by atoms with E-state index in [0.29, 0.717) is 11.7 Å². The van der Waals surface area contributed by atoms with Gasteiger partial charge in [-0.15, -0.1) is 0 Å². The second kappa shape index (κ2) is 4.30. The molecule has 0 amide bonds. The number of anilines is 2. The highest BCUT2D eigenvalue weighted by atomic mass is 32.2. The number of nitrogens with zero attached hydrogens (tertiary/aromatic N) is 3. The topological polar surface area (TPSA) is 55.0 Å². The van der Waals surface area contributed by atoms with Crippen molar-refractivity contribution in [2.24, 2.45) is 0 Å². The van der Waals surface area contributed by atoms with Gasteiger partial charge < -0.3 is 10.6 Å². The minimum Gasteiger partial charge on any atom is -0.384 e. The summed E-state index contributed by atoms with van der Waals surface area (Å²) in [5.41, 5.74) is 5.92. The van der Waals surface area contributed by atoms with Gasteiger partial charge in [0.25, 0.3) is 0 Å². The fourth-order valence-corrected chi connectivity index (χ4v) is 3.48. The molecule has 0 unspecified atom stereocenters. The Bertz CT molecular complexity index is 456. The second-order valence-electron chi connectivity index (χ2n) is 5.81. The van der Waals surface area contributed by atoms with Gasteiger partial charge in [0, 0.05) is 35.6 Å². The number of nitrogens with two attached hydrogens (primary N) is 1. The maximum absolute atomic E-state index is 5.92. The van der Waals surface area contributed by atoms with Crippen LogP contribution < -0.4 is 10.6 Å².